The molecular weight excluding hydrogens is 231 g/mol. The second kappa shape index (κ2) is 6.59. The Morgan fingerprint density at radius 1 is 1.33 bits per heavy atom. The number of hydrogen-bond acceptors (Lipinski definition) is 3. The highest BCUT2D eigenvalue weighted by Gasteiger charge is 2.15. The van der Waals surface area contributed by atoms with E-state index in [1.807, 2.05) is 0 Å². The lowest BCUT2D eigenvalue weighted by Crippen LogP contribution is -2.28. The topological polar surface area (TPSA) is 58.3 Å². The molecule has 0 bridgehead atoms. The number of nitrogens with one attached hydrogen (secondary N) is 1. The van der Waals surface area contributed by atoms with Gasteiger partial charge in [-0.05, 0) is 30.5 Å². The molecule has 0 aromatic heterocycles. The molecule has 0 aliphatic rings. The number of halogens is 1. The van der Waals surface area contributed by atoms with Gasteiger partial charge in [-0.1, -0.05) is 26.7 Å². The highest BCUT2D eigenvalue weighted by molar-refractivity contribution is 5.67. The molecule has 1 unspecified atom stereocenters. The van der Waals surface area contributed by atoms with E-state index in [4.69, 9.17) is 5.73 Å². The van der Waals surface area contributed by atoms with Crippen molar-refractivity contribution in [2.75, 3.05) is 17.6 Å². The fourth-order valence-corrected chi connectivity index (χ4v) is 2.06. The molecule has 0 amide bonds. The Hall–Kier alpha value is -1.29. The molecule has 1 aromatic carbocycles. The van der Waals surface area contributed by atoms with Gasteiger partial charge in [0.15, 0.2) is 0 Å². The van der Waals surface area contributed by atoms with Crippen LogP contribution in [0, 0.1) is 18.7 Å². The molecule has 0 fully saturated rings. The van der Waals surface area contributed by atoms with Gasteiger partial charge in [0.1, 0.15) is 5.82 Å². The Labute approximate surface area is 108 Å². The molecule has 0 saturated heterocycles. The minimum absolute atomic E-state index is 0.278. The summed E-state index contributed by atoms with van der Waals surface area (Å²) in [6, 6.07) is 2.98. The van der Waals surface area contributed by atoms with Gasteiger partial charge in [-0.25, -0.2) is 4.39 Å². The molecule has 18 heavy (non-hydrogen) atoms. The van der Waals surface area contributed by atoms with E-state index in [0.29, 0.717) is 23.5 Å². The molecule has 3 nitrogen and oxygen atoms in total. The van der Waals surface area contributed by atoms with Crippen LogP contribution in [0.15, 0.2) is 12.1 Å². The molecule has 0 radical (unpaired) electrons. The fraction of sp³-hybridized carbons (Fsp3) is 0.571. The van der Waals surface area contributed by atoms with Crippen molar-refractivity contribution in [3.63, 3.8) is 0 Å². The Morgan fingerprint density at radius 3 is 2.50 bits per heavy atom. The van der Waals surface area contributed by atoms with Crippen molar-refractivity contribution in [3.8, 4) is 0 Å². The van der Waals surface area contributed by atoms with Crippen LogP contribution in [0.4, 0.5) is 15.8 Å². The monoisotopic (exact) mass is 254 g/mol. The van der Waals surface area contributed by atoms with Crippen molar-refractivity contribution in [2.45, 2.75) is 39.7 Å². The Morgan fingerprint density at radius 2 is 1.94 bits per heavy atom. The van der Waals surface area contributed by atoms with Gasteiger partial charge in [0.05, 0.1) is 17.5 Å². The van der Waals surface area contributed by atoms with Gasteiger partial charge in [-0.3, -0.25) is 0 Å². The maximum Gasteiger partial charge on any atom is 0.128 e. The second-order valence-corrected chi connectivity index (χ2v) is 4.71. The molecular formula is C14H23FN2O. The fourth-order valence-electron chi connectivity index (χ4n) is 2.06. The number of nitrogens with two attached hydrogens (primary N) is 1. The normalized spacial score (nSPS) is 12.8. The summed E-state index contributed by atoms with van der Waals surface area (Å²) in [6.45, 7) is 6.25. The number of hydrogen-bond donors (Lipinski definition) is 3. The number of aliphatic hydroxyl groups is 1. The molecule has 4 N–H and O–H groups in total. The van der Waals surface area contributed by atoms with Gasteiger partial charge in [0.25, 0.3) is 0 Å². The van der Waals surface area contributed by atoms with E-state index in [0.717, 1.165) is 12.8 Å². The summed E-state index contributed by atoms with van der Waals surface area (Å²) in [6.07, 6.45) is 1.47. The largest absolute Gasteiger partial charge is 0.397 e. The van der Waals surface area contributed by atoms with Crippen LogP contribution >= 0.6 is 0 Å². The molecule has 1 aromatic rings. The van der Waals surface area contributed by atoms with Gasteiger partial charge < -0.3 is 16.2 Å². The van der Waals surface area contributed by atoms with E-state index >= 15 is 0 Å². The first-order valence-corrected chi connectivity index (χ1v) is 6.47. The lowest BCUT2D eigenvalue weighted by molar-refractivity contribution is 0.114. The molecule has 1 atom stereocenters. The molecule has 0 heterocycles. The lowest BCUT2D eigenvalue weighted by Gasteiger charge is -2.21. The lowest BCUT2D eigenvalue weighted by atomic mass is 9.96. The molecule has 0 aliphatic carbocycles. The molecule has 102 valence electrons. The number of aliphatic hydroxyl groups excluding tert-OH is 1. The van der Waals surface area contributed by atoms with Crippen LogP contribution in [0.3, 0.4) is 0 Å². The molecule has 0 saturated carbocycles. The minimum Gasteiger partial charge on any atom is -0.397 e. The Bertz CT molecular complexity index is 392. The average Bonchev–Trinajstić information content (AvgIpc) is 2.33. The van der Waals surface area contributed by atoms with Crippen molar-refractivity contribution in [1.82, 2.24) is 0 Å². The maximum atomic E-state index is 13.2. The quantitative estimate of drug-likeness (QED) is 0.684. The molecule has 0 spiro atoms. The zero-order valence-electron chi connectivity index (χ0n) is 11.3. The summed E-state index contributed by atoms with van der Waals surface area (Å²) in [5, 5.41) is 13.1. The van der Waals surface area contributed by atoms with Crippen LogP contribution in [0.25, 0.3) is 0 Å². The summed E-state index contributed by atoms with van der Waals surface area (Å²) in [5.74, 6) is -0.0288. The highest BCUT2D eigenvalue weighted by atomic mass is 19.1. The number of anilines is 2. The summed E-state index contributed by atoms with van der Waals surface area (Å²) >= 11 is 0. The van der Waals surface area contributed by atoms with Gasteiger partial charge in [0.2, 0.25) is 0 Å². The van der Waals surface area contributed by atoms with Gasteiger partial charge in [0, 0.05) is 6.54 Å². The van der Waals surface area contributed by atoms with Crippen LogP contribution in [0.2, 0.25) is 0 Å². The van der Waals surface area contributed by atoms with Crippen molar-refractivity contribution in [3.05, 3.63) is 23.5 Å². The van der Waals surface area contributed by atoms with Crippen LogP contribution in [-0.2, 0) is 0 Å². The smallest absolute Gasteiger partial charge is 0.128 e. The second-order valence-electron chi connectivity index (χ2n) is 4.71. The van der Waals surface area contributed by atoms with E-state index < -0.39 is 6.10 Å². The number of benzene rings is 1. The predicted octanol–water partition coefficient (Wildman–Crippen LogP) is 2.93. The first kappa shape index (κ1) is 14.8. The zero-order valence-corrected chi connectivity index (χ0v) is 11.3. The minimum atomic E-state index is -0.412. The summed E-state index contributed by atoms with van der Waals surface area (Å²) in [5.41, 5.74) is 7.33. The molecule has 0 aliphatic heterocycles. The number of rotatable bonds is 6. The standard InChI is InChI=1S/C14H23FN2O/c1-4-10(5-2)14(18)8-17-13-6-9(3)11(15)7-12(13)16/h6-7,10,14,17-18H,4-5,8,16H2,1-3H3. The van der Waals surface area contributed by atoms with Crippen LogP contribution in [0.5, 0.6) is 0 Å². The van der Waals surface area contributed by atoms with E-state index in [1.54, 1.807) is 13.0 Å². The SMILES string of the molecule is CCC(CC)C(O)CNc1cc(C)c(F)cc1N. The van der Waals surface area contributed by atoms with E-state index in [2.05, 4.69) is 19.2 Å². The van der Waals surface area contributed by atoms with Crippen LogP contribution < -0.4 is 11.1 Å². The summed E-state index contributed by atoms with van der Waals surface area (Å²) in [7, 11) is 0. The van der Waals surface area contributed by atoms with Crippen LogP contribution in [-0.4, -0.2) is 17.8 Å². The number of aryl methyl sites for hydroxylation is 1. The van der Waals surface area contributed by atoms with E-state index in [1.165, 1.54) is 6.07 Å². The maximum absolute atomic E-state index is 13.2. The first-order chi connectivity index (χ1) is 8.49. The van der Waals surface area contributed by atoms with Gasteiger partial charge >= 0.3 is 0 Å². The van der Waals surface area contributed by atoms with Crippen molar-refractivity contribution < 1.29 is 9.50 Å². The Kier molecular flexibility index (Phi) is 5.41. The van der Waals surface area contributed by atoms with Gasteiger partial charge in [-0.15, -0.1) is 0 Å². The van der Waals surface area contributed by atoms with Crippen LogP contribution in [0.1, 0.15) is 32.3 Å². The third-order valence-corrected chi connectivity index (χ3v) is 3.43. The van der Waals surface area contributed by atoms with Gasteiger partial charge in [-0.2, -0.15) is 0 Å². The third kappa shape index (κ3) is 3.60. The average molecular weight is 254 g/mol. The third-order valence-electron chi connectivity index (χ3n) is 3.43. The summed E-state index contributed by atoms with van der Waals surface area (Å²) in [4.78, 5) is 0. The van der Waals surface area contributed by atoms with Crippen molar-refractivity contribution in [1.29, 1.82) is 0 Å². The highest BCUT2D eigenvalue weighted by Crippen LogP contribution is 2.23. The zero-order chi connectivity index (χ0) is 13.7. The Balaban J connectivity index is 2.66. The first-order valence-electron chi connectivity index (χ1n) is 6.47. The van der Waals surface area contributed by atoms with E-state index in [-0.39, 0.29) is 11.7 Å². The summed E-state index contributed by atoms with van der Waals surface area (Å²) < 4.78 is 13.2. The van der Waals surface area contributed by atoms with Crippen molar-refractivity contribution >= 4 is 11.4 Å². The van der Waals surface area contributed by atoms with Crippen molar-refractivity contribution in [2.24, 2.45) is 5.92 Å². The predicted molar refractivity (Wildman–Crippen MR) is 74.1 cm³/mol. The number of nitrogen functional groups attached to an aromatic ring is 1. The molecule has 4 heteroatoms. The molecule has 1 rings (SSSR count). The van der Waals surface area contributed by atoms with E-state index in [9.17, 15) is 9.50 Å².